The molecule has 296 valence electrons. The molecule has 1 aromatic heterocycles. The Morgan fingerprint density at radius 1 is 0.371 bits per heavy atom. The summed E-state index contributed by atoms with van der Waals surface area (Å²) in [6, 6.07) is 75.9. The lowest BCUT2D eigenvalue weighted by molar-refractivity contribution is 0.445. The number of anilines is 3. The van der Waals surface area contributed by atoms with Crippen LogP contribution in [-0.2, 0) is 0 Å². The summed E-state index contributed by atoms with van der Waals surface area (Å²) in [4.78, 5) is 2.50. The van der Waals surface area contributed by atoms with E-state index in [9.17, 15) is 0 Å². The van der Waals surface area contributed by atoms with Gasteiger partial charge in [-0.3, -0.25) is 0 Å². The first kappa shape index (κ1) is 36.4. The molecule has 2 nitrogen and oxygen atoms in total. The standard InChI is InChI=1S/C60H45NO/c1-2-16-40(17-3-1)49-28-13-19-42-20-14-30-55(60(42)49)52-25-7-10-32-57(52)61(56-31-9-6-24-48(56)44-35-37-54-53-26-8-11-33-58(53)62-59(54)39-44)45-22-12-21-43(38-45)47-27-15-29-50-46-23-5-4-18-41(46)34-36-51(47)50/h4-15,18-40H,1-3,16-17H2. The molecule has 0 saturated heterocycles. The van der Waals surface area contributed by atoms with E-state index in [2.05, 4.69) is 205 Å². The van der Waals surface area contributed by atoms with E-state index < -0.39 is 0 Å². The minimum absolute atomic E-state index is 0.570. The molecule has 0 aliphatic heterocycles. The Bertz CT molecular complexity index is 3470. The zero-order valence-corrected chi connectivity index (χ0v) is 34.6. The Hall–Kier alpha value is -7.42. The quantitative estimate of drug-likeness (QED) is 0.149. The van der Waals surface area contributed by atoms with Crippen molar-refractivity contribution < 1.29 is 4.42 Å². The molecule has 0 spiro atoms. The van der Waals surface area contributed by atoms with E-state index in [1.807, 2.05) is 6.07 Å². The highest BCUT2D eigenvalue weighted by Gasteiger charge is 2.25. The van der Waals surface area contributed by atoms with E-state index in [0.29, 0.717) is 5.92 Å². The van der Waals surface area contributed by atoms with Gasteiger partial charge in [0.2, 0.25) is 0 Å². The highest BCUT2D eigenvalue weighted by atomic mass is 16.3. The van der Waals surface area contributed by atoms with E-state index in [1.165, 1.54) is 92.2 Å². The topological polar surface area (TPSA) is 16.4 Å². The van der Waals surface area contributed by atoms with Gasteiger partial charge in [-0.15, -0.1) is 0 Å². The maximum atomic E-state index is 6.48. The molecular formula is C60H45NO. The summed E-state index contributed by atoms with van der Waals surface area (Å²) in [7, 11) is 0. The molecule has 1 heterocycles. The minimum atomic E-state index is 0.570. The summed E-state index contributed by atoms with van der Waals surface area (Å²) in [6.45, 7) is 0. The normalized spacial score (nSPS) is 13.4. The summed E-state index contributed by atoms with van der Waals surface area (Å²) in [5.41, 5.74) is 13.8. The third-order valence-electron chi connectivity index (χ3n) is 13.5. The largest absolute Gasteiger partial charge is 0.456 e. The fraction of sp³-hybridized carbons (Fsp3) is 0.100. The zero-order valence-electron chi connectivity index (χ0n) is 34.6. The van der Waals surface area contributed by atoms with Crippen molar-refractivity contribution in [2.75, 3.05) is 4.90 Å². The molecule has 1 saturated carbocycles. The number of furan rings is 1. The molecule has 1 fully saturated rings. The summed E-state index contributed by atoms with van der Waals surface area (Å²) in [5.74, 6) is 0.570. The molecule has 0 radical (unpaired) electrons. The molecule has 11 aromatic rings. The van der Waals surface area contributed by atoms with Gasteiger partial charge in [0.05, 0.1) is 11.4 Å². The van der Waals surface area contributed by atoms with E-state index >= 15 is 0 Å². The maximum absolute atomic E-state index is 6.48. The van der Waals surface area contributed by atoms with Crippen LogP contribution in [0.4, 0.5) is 17.1 Å². The van der Waals surface area contributed by atoms with Crippen molar-refractivity contribution in [3.8, 4) is 33.4 Å². The fourth-order valence-electron chi connectivity index (χ4n) is 10.6. The summed E-state index contributed by atoms with van der Waals surface area (Å²) in [6.07, 6.45) is 6.44. The van der Waals surface area contributed by atoms with E-state index in [-0.39, 0.29) is 0 Å². The van der Waals surface area contributed by atoms with Crippen LogP contribution < -0.4 is 4.90 Å². The third kappa shape index (κ3) is 6.17. The van der Waals surface area contributed by atoms with Gasteiger partial charge in [0.1, 0.15) is 11.2 Å². The monoisotopic (exact) mass is 795 g/mol. The molecule has 0 atom stereocenters. The van der Waals surface area contributed by atoms with Crippen LogP contribution in [0.2, 0.25) is 0 Å². The van der Waals surface area contributed by atoms with Gasteiger partial charge in [0, 0.05) is 27.6 Å². The first-order valence-electron chi connectivity index (χ1n) is 22.2. The van der Waals surface area contributed by atoms with Gasteiger partial charge in [-0.2, -0.15) is 0 Å². The van der Waals surface area contributed by atoms with Crippen molar-refractivity contribution in [3.05, 3.63) is 212 Å². The smallest absolute Gasteiger partial charge is 0.136 e. The Labute approximate surface area is 362 Å². The molecular weight excluding hydrogens is 751 g/mol. The molecule has 0 amide bonds. The summed E-state index contributed by atoms with van der Waals surface area (Å²) in [5, 5.41) is 10.0. The number of fused-ring (bicyclic) bond motifs is 7. The molecule has 12 rings (SSSR count). The lowest BCUT2D eigenvalue weighted by atomic mass is 9.80. The van der Waals surface area contributed by atoms with Crippen molar-refractivity contribution in [3.63, 3.8) is 0 Å². The number of benzene rings is 10. The second-order valence-corrected chi connectivity index (χ2v) is 17.0. The number of hydrogen-bond acceptors (Lipinski definition) is 2. The van der Waals surface area contributed by atoms with Gasteiger partial charge in [-0.1, -0.05) is 183 Å². The van der Waals surface area contributed by atoms with E-state index in [1.54, 1.807) is 0 Å². The molecule has 0 N–H and O–H groups in total. The maximum Gasteiger partial charge on any atom is 0.136 e. The summed E-state index contributed by atoms with van der Waals surface area (Å²) < 4.78 is 6.48. The molecule has 0 unspecified atom stereocenters. The van der Waals surface area contributed by atoms with Crippen LogP contribution in [-0.4, -0.2) is 0 Å². The van der Waals surface area contributed by atoms with Gasteiger partial charge >= 0.3 is 0 Å². The average Bonchev–Trinajstić information content (AvgIpc) is 3.72. The van der Waals surface area contributed by atoms with Crippen molar-refractivity contribution in [1.82, 2.24) is 0 Å². The molecule has 2 heteroatoms. The van der Waals surface area contributed by atoms with Crippen LogP contribution in [0.15, 0.2) is 211 Å². The number of hydrogen-bond donors (Lipinski definition) is 0. The SMILES string of the molecule is c1cc(-c2cccc3c2ccc2ccccc23)cc(N(c2ccccc2-c2ccc3c(c2)oc2ccccc23)c2ccccc2-c2cccc3cccc(C4CCCCC4)c23)c1. The lowest BCUT2D eigenvalue weighted by Crippen LogP contribution is -2.13. The van der Waals surface area contributed by atoms with Crippen LogP contribution in [0.25, 0.3) is 87.6 Å². The van der Waals surface area contributed by atoms with Crippen LogP contribution in [0.3, 0.4) is 0 Å². The summed E-state index contributed by atoms with van der Waals surface area (Å²) >= 11 is 0. The van der Waals surface area contributed by atoms with Gasteiger partial charge in [0.25, 0.3) is 0 Å². The Kier molecular flexibility index (Phi) is 8.96. The third-order valence-corrected chi connectivity index (χ3v) is 13.5. The van der Waals surface area contributed by atoms with E-state index in [0.717, 1.165) is 50.1 Å². The van der Waals surface area contributed by atoms with Crippen molar-refractivity contribution >= 4 is 71.3 Å². The average molecular weight is 796 g/mol. The highest BCUT2D eigenvalue weighted by molar-refractivity contribution is 6.12. The first-order valence-corrected chi connectivity index (χ1v) is 22.2. The molecule has 1 aliphatic rings. The number of nitrogens with zero attached hydrogens (tertiary/aromatic N) is 1. The first-order chi connectivity index (χ1) is 30.8. The Morgan fingerprint density at radius 2 is 0.984 bits per heavy atom. The van der Waals surface area contributed by atoms with Gasteiger partial charge in [-0.05, 0) is 121 Å². The second-order valence-electron chi connectivity index (χ2n) is 17.0. The predicted octanol–water partition coefficient (Wildman–Crippen LogP) is 17.6. The van der Waals surface area contributed by atoms with Crippen molar-refractivity contribution in [2.45, 2.75) is 38.0 Å². The predicted molar refractivity (Wildman–Crippen MR) is 263 cm³/mol. The Balaban J connectivity index is 1.09. The number of rotatable bonds is 7. The zero-order chi connectivity index (χ0) is 41.0. The molecule has 0 bridgehead atoms. The van der Waals surface area contributed by atoms with E-state index in [4.69, 9.17) is 4.42 Å². The van der Waals surface area contributed by atoms with Crippen LogP contribution in [0, 0.1) is 0 Å². The van der Waals surface area contributed by atoms with Gasteiger partial charge in [-0.25, -0.2) is 0 Å². The van der Waals surface area contributed by atoms with Crippen LogP contribution >= 0.6 is 0 Å². The van der Waals surface area contributed by atoms with Crippen LogP contribution in [0.1, 0.15) is 43.6 Å². The second kappa shape index (κ2) is 15.2. The molecule has 62 heavy (non-hydrogen) atoms. The highest BCUT2D eigenvalue weighted by Crippen LogP contribution is 2.49. The molecule has 10 aromatic carbocycles. The van der Waals surface area contributed by atoms with Gasteiger partial charge in [0.15, 0.2) is 0 Å². The molecule has 1 aliphatic carbocycles. The number of para-hydroxylation sites is 3. The van der Waals surface area contributed by atoms with Gasteiger partial charge < -0.3 is 9.32 Å². The Morgan fingerprint density at radius 3 is 1.87 bits per heavy atom. The lowest BCUT2D eigenvalue weighted by Gasteiger charge is -2.31. The van der Waals surface area contributed by atoms with Crippen molar-refractivity contribution in [1.29, 1.82) is 0 Å². The van der Waals surface area contributed by atoms with Crippen LogP contribution in [0.5, 0.6) is 0 Å². The van der Waals surface area contributed by atoms with Crippen molar-refractivity contribution in [2.24, 2.45) is 0 Å². The minimum Gasteiger partial charge on any atom is -0.456 e. The fourth-order valence-corrected chi connectivity index (χ4v) is 10.6.